The Kier molecular flexibility index (Phi) is 7.47. The van der Waals surface area contributed by atoms with Crippen molar-refractivity contribution in [1.29, 1.82) is 0 Å². The third-order valence-electron chi connectivity index (χ3n) is 6.81. The van der Waals surface area contributed by atoms with Crippen LogP contribution in [0.15, 0.2) is 34.2 Å². The molecule has 3 aromatic heterocycles. The minimum Gasteiger partial charge on any atom is -0.493 e. The molecule has 2 N–H and O–H groups in total. The fourth-order valence-corrected chi connectivity index (χ4v) is 6.13. The number of ether oxygens (including phenoxy) is 1. The van der Waals surface area contributed by atoms with Crippen molar-refractivity contribution >= 4 is 26.8 Å². The van der Waals surface area contributed by atoms with Gasteiger partial charge in [0.1, 0.15) is 23.4 Å². The first-order valence-corrected chi connectivity index (χ1v) is 14.3. The van der Waals surface area contributed by atoms with Crippen LogP contribution in [0.25, 0.3) is 28.2 Å². The number of hydrogen-bond donors (Lipinski definition) is 2. The number of sulfonamides is 1. The van der Waals surface area contributed by atoms with Gasteiger partial charge in [-0.05, 0) is 31.5 Å². The molecule has 4 heterocycles. The Morgan fingerprint density at radius 1 is 1.13 bits per heavy atom. The van der Waals surface area contributed by atoms with Crippen LogP contribution >= 0.6 is 0 Å². The molecule has 0 saturated carbocycles. The van der Waals surface area contributed by atoms with Gasteiger partial charge in [0, 0.05) is 39.3 Å². The fourth-order valence-electron chi connectivity index (χ4n) is 4.68. The van der Waals surface area contributed by atoms with Gasteiger partial charge in [-0.25, -0.2) is 22.6 Å². The van der Waals surface area contributed by atoms with E-state index in [4.69, 9.17) is 9.72 Å². The van der Waals surface area contributed by atoms with E-state index in [0.29, 0.717) is 79.8 Å². The number of benzene rings is 1. The van der Waals surface area contributed by atoms with Crippen molar-refractivity contribution in [2.24, 2.45) is 0 Å². The van der Waals surface area contributed by atoms with Gasteiger partial charge in [-0.3, -0.25) is 9.47 Å². The molecule has 0 bridgehead atoms. The smallest absolute Gasteiger partial charge is 0.336 e. The Labute approximate surface area is 219 Å². The van der Waals surface area contributed by atoms with Gasteiger partial charge in [0.05, 0.1) is 23.7 Å². The summed E-state index contributed by atoms with van der Waals surface area (Å²) in [7, 11) is -3.78. The van der Waals surface area contributed by atoms with E-state index >= 15 is 0 Å². The van der Waals surface area contributed by atoms with E-state index in [2.05, 4.69) is 22.1 Å². The zero-order chi connectivity index (χ0) is 26.9. The van der Waals surface area contributed by atoms with Gasteiger partial charge in [-0.2, -0.15) is 4.31 Å². The molecular formula is C24H32N8O5S. The van der Waals surface area contributed by atoms with Gasteiger partial charge < -0.3 is 14.8 Å². The topological polar surface area (TPSA) is 151 Å². The van der Waals surface area contributed by atoms with Crippen LogP contribution in [0, 0.1) is 0 Å². The van der Waals surface area contributed by atoms with Crippen LogP contribution in [0.2, 0.25) is 0 Å². The quantitative estimate of drug-likeness (QED) is 0.278. The van der Waals surface area contributed by atoms with Crippen molar-refractivity contribution < 1.29 is 18.3 Å². The first kappa shape index (κ1) is 26.3. The van der Waals surface area contributed by atoms with Crippen molar-refractivity contribution in [3.8, 4) is 17.1 Å². The second-order valence-corrected chi connectivity index (χ2v) is 11.1. The van der Waals surface area contributed by atoms with E-state index in [9.17, 15) is 18.3 Å². The van der Waals surface area contributed by atoms with Crippen molar-refractivity contribution in [3.63, 3.8) is 0 Å². The van der Waals surface area contributed by atoms with Crippen LogP contribution in [0.3, 0.4) is 0 Å². The summed E-state index contributed by atoms with van der Waals surface area (Å²) in [6, 6.07) is 4.79. The molecule has 0 spiro atoms. The predicted molar refractivity (Wildman–Crippen MR) is 141 cm³/mol. The minimum absolute atomic E-state index is 0.0418. The molecule has 1 aliphatic heterocycles. The molecule has 0 amide bonds. The second kappa shape index (κ2) is 10.8. The number of imidazole rings is 1. The summed E-state index contributed by atoms with van der Waals surface area (Å²) in [5.41, 5.74) is 1.43. The molecular weight excluding hydrogens is 512 g/mol. The van der Waals surface area contributed by atoms with Gasteiger partial charge in [-0.15, -0.1) is 10.2 Å². The van der Waals surface area contributed by atoms with E-state index in [1.54, 1.807) is 18.2 Å². The molecule has 0 atom stereocenters. The summed E-state index contributed by atoms with van der Waals surface area (Å²) in [4.78, 5) is 23.0. The molecule has 4 aromatic rings. The lowest BCUT2D eigenvalue weighted by molar-refractivity contribution is 0.151. The predicted octanol–water partition coefficient (Wildman–Crippen LogP) is 0.932. The summed E-state index contributed by atoms with van der Waals surface area (Å²) in [6.45, 7) is 7.10. The number of nitrogens with one attached hydrogen (secondary N) is 1. The van der Waals surface area contributed by atoms with Crippen LogP contribution < -0.4 is 10.4 Å². The highest BCUT2D eigenvalue weighted by molar-refractivity contribution is 7.89. The summed E-state index contributed by atoms with van der Waals surface area (Å²) in [5.74, 6) is 0.862. The largest absolute Gasteiger partial charge is 0.493 e. The van der Waals surface area contributed by atoms with E-state index < -0.39 is 10.0 Å². The number of aliphatic hydroxyl groups is 1. The Morgan fingerprint density at radius 3 is 2.63 bits per heavy atom. The zero-order valence-corrected chi connectivity index (χ0v) is 22.3. The molecule has 14 heteroatoms. The van der Waals surface area contributed by atoms with Crippen LogP contribution in [0.5, 0.6) is 5.75 Å². The maximum absolute atomic E-state index is 13.6. The SMILES string of the molecule is CCCCOc1ccc(S(=O)(=O)N2CCN(CCO)CC2)cc1-c1nc2c([nH]1)c1nncn1c(=O)n2CC. The number of hydrogen-bond acceptors (Lipinski definition) is 9. The normalized spacial score (nSPS) is 15.6. The number of fused-ring (bicyclic) bond motifs is 3. The van der Waals surface area contributed by atoms with Crippen molar-refractivity contribution in [3.05, 3.63) is 35.0 Å². The van der Waals surface area contributed by atoms with E-state index in [0.717, 1.165) is 12.8 Å². The van der Waals surface area contributed by atoms with Crippen LogP contribution in [-0.4, -0.2) is 97.8 Å². The number of piperazine rings is 1. The average Bonchev–Trinajstić information content (AvgIpc) is 3.58. The third kappa shape index (κ3) is 4.68. The molecule has 1 aliphatic rings. The zero-order valence-electron chi connectivity index (χ0n) is 21.5. The van der Waals surface area contributed by atoms with Crippen LogP contribution in [0.1, 0.15) is 26.7 Å². The lowest BCUT2D eigenvalue weighted by Gasteiger charge is -2.33. The number of aryl methyl sites for hydroxylation is 1. The molecule has 5 rings (SSSR count). The number of unbranched alkanes of at least 4 members (excludes halogenated alkanes) is 1. The Bertz CT molecular complexity index is 1600. The summed E-state index contributed by atoms with van der Waals surface area (Å²) < 4.78 is 37.5. The van der Waals surface area contributed by atoms with Gasteiger partial charge >= 0.3 is 5.69 Å². The van der Waals surface area contributed by atoms with E-state index in [-0.39, 0.29) is 17.2 Å². The van der Waals surface area contributed by atoms with Gasteiger partial charge in [0.15, 0.2) is 11.3 Å². The molecule has 1 saturated heterocycles. The number of rotatable bonds is 10. The van der Waals surface area contributed by atoms with Crippen molar-refractivity contribution in [2.45, 2.75) is 38.1 Å². The molecule has 0 radical (unpaired) electrons. The van der Waals surface area contributed by atoms with E-state index in [1.807, 2.05) is 11.8 Å². The van der Waals surface area contributed by atoms with Crippen LogP contribution in [-0.2, 0) is 16.6 Å². The molecule has 13 nitrogen and oxygen atoms in total. The Morgan fingerprint density at radius 2 is 1.92 bits per heavy atom. The maximum atomic E-state index is 13.6. The van der Waals surface area contributed by atoms with Gasteiger partial charge in [0.25, 0.3) is 0 Å². The van der Waals surface area contributed by atoms with Gasteiger partial charge in [-0.1, -0.05) is 13.3 Å². The lowest BCUT2D eigenvalue weighted by atomic mass is 10.2. The molecule has 0 aliphatic carbocycles. The number of H-pyrrole nitrogens is 1. The van der Waals surface area contributed by atoms with Crippen LogP contribution in [0.4, 0.5) is 0 Å². The third-order valence-corrected chi connectivity index (χ3v) is 8.71. The highest BCUT2D eigenvalue weighted by Gasteiger charge is 2.30. The van der Waals surface area contributed by atoms with Crippen molar-refractivity contribution in [1.82, 2.24) is 38.3 Å². The number of aromatic nitrogens is 6. The van der Waals surface area contributed by atoms with Crippen molar-refractivity contribution in [2.75, 3.05) is 45.9 Å². The molecule has 1 aromatic carbocycles. The Balaban J connectivity index is 1.59. The number of nitrogens with zero attached hydrogens (tertiary/aromatic N) is 7. The van der Waals surface area contributed by atoms with Gasteiger partial charge in [0.2, 0.25) is 10.0 Å². The molecule has 0 unspecified atom stereocenters. The fraction of sp³-hybridized carbons (Fsp3) is 0.500. The highest BCUT2D eigenvalue weighted by Crippen LogP contribution is 2.33. The monoisotopic (exact) mass is 544 g/mol. The standard InChI is InChI=1S/C24H32N8O5S/c1-3-5-14-37-19-7-6-17(38(35,36)30-10-8-29(9-11-30)12-13-33)15-18(19)21-26-20-22(27-21)31(4-2)24(34)32-16-25-28-23(20)32/h6-7,15-16,33H,3-5,8-14H2,1-2H3,(H,26,27). The number of aliphatic hydroxyl groups excluding tert-OH is 1. The second-order valence-electron chi connectivity index (χ2n) is 9.16. The van der Waals surface area contributed by atoms with E-state index in [1.165, 1.54) is 19.6 Å². The first-order valence-electron chi connectivity index (χ1n) is 12.8. The average molecular weight is 545 g/mol. The Hall–Kier alpha value is -3.33. The molecule has 1 fully saturated rings. The minimum atomic E-state index is -3.78. The summed E-state index contributed by atoms with van der Waals surface area (Å²) in [6.07, 6.45) is 3.15. The number of β-amino-alcohol motifs (C(OH)–C–C–N with tert-alkyl or cyclic N) is 1. The molecule has 204 valence electrons. The summed E-state index contributed by atoms with van der Waals surface area (Å²) in [5, 5.41) is 17.2. The lowest BCUT2D eigenvalue weighted by Crippen LogP contribution is -2.49. The maximum Gasteiger partial charge on any atom is 0.336 e. The molecule has 38 heavy (non-hydrogen) atoms. The number of aromatic amines is 1. The summed E-state index contributed by atoms with van der Waals surface area (Å²) >= 11 is 0. The first-order chi connectivity index (χ1) is 18.4. The highest BCUT2D eigenvalue weighted by atomic mass is 32.2.